The molecule has 0 aliphatic heterocycles. The summed E-state index contributed by atoms with van der Waals surface area (Å²) in [5.74, 6) is -0.353. The summed E-state index contributed by atoms with van der Waals surface area (Å²) < 4.78 is 8.01. The predicted octanol–water partition coefficient (Wildman–Crippen LogP) is -0.256. The molecule has 0 aliphatic carbocycles. The molecule has 0 amide bonds. The van der Waals surface area contributed by atoms with E-state index in [4.69, 9.17) is 0 Å². The fourth-order valence-corrected chi connectivity index (χ4v) is 0.851. The molecule has 0 bridgehead atoms. The number of rotatable bonds is 1. The molecule has 0 fully saturated rings. The third-order valence-electron chi connectivity index (χ3n) is 0.779. The Morgan fingerprint density at radius 1 is 2.00 bits per heavy atom. The average molecular weight is 145 g/mol. The van der Waals surface area contributed by atoms with Crippen molar-refractivity contribution in [2.45, 2.75) is 0 Å². The molecule has 1 heterocycles. The minimum Gasteiger partial charge on any atom is -0.465 e. The maximum atomic E-state index is 10.6. The molecule has 0 saturated carbocycles. The van der Waals surface area contributed by atoms with Crippen molar-refractivity contribution in [3.8, 4) is 0 Å². The second-order valence-corrected chi connectivity index (χ2v) is 2.12. The topological polar surface area (TPSA) is 53.3 Å². The maximum absolute atomic E-state index is 10.6. The van der Waals surface area contributed by atoms with E-state index in [2.05, 4.69) is 14.3 Å². The van der Waals surface area contributed by atoms with Gasteiger partial charge in [-0.2, -0.15) is 0 Å². The highest BCUT2D eigenvalue weighted by molar-refractivity contribution is 7.07. The standard InChI is InChI=1S/C4H4N2O2S/c1-8-4(7)3-2-5-6-9-3/h2H,1H3/p+1. The number of nitrogens with zero attached hydrogens (tertiary/aromatic N) is 1. The predicted molar refractivity (Wildman–Crippen MR) is 30.0 cm³/mol. The molecule has 0 aromatic carbocycles. The van der Waals surface area contributed by atoms with Crippen LogP contribution in [-0.4, -0.2) is 17.6 Å². The molecule has 48 valence electrons. The van der Waals surface area contributed by atoms with Gasteiger partial charge in [-0.3, -0.25) is 0 Å². The first-order chi connectivity index (χ1) is 4.34. The molecule has 5 heteroatoms. The van der Waals surface area contributed by atoms with Gasteiger partial charge in [0.05, 0.1) is 11.6 Å². The Morgan fingerprint density at radius 3 is 3.22 bits per heavy atom. The molecular weight excluding hydrogens is 140 g/mol. The smallest absolute Gasteiger partial charge is 0.356 e. The molecule has 4 nitrogen and oxygen atoms in total. The van der Waals surface area contributed by atoms with Crippen molar-refractivity contribution in [3.63, 3.8) is 0 Å². The number of aromatic nitrogens is 2. The van der Waals surface area contributed by atoms with Gasteiger partial charge in [0, 0.05) is 11.5 Å². The number of esters is 1. The zero-order chi connectivity index (χ0) is 6.69. The van der Waals surface area contributed by atoms with Crippen LogP contribution in [0.25, 0.3) is 0 Å². The SMILES string of the molecule is COC(=O)c1c[nH+]ns1. The summed E-state index contributed by atoms with van der Waals surface area (Å²) in [4.78, 5) is 11.1. The zero-order valence-corrected chi connectivity index (χ0v) is 5.57. The zero-order valence-electron chi connectivity index (χ0n) is 4.75. The van der Waals surface area contributed by atoms with E-state index in [9.17, 15) is 4.79 Å². The number of carbonyl (C=O) groups excluding carboxylic acids is 1. The van der Waals surface area contributed by atoms with E-state index in [1.165, 1.54) is 13.3 Å². The van der Waals surface area contributed by atoms with Gasteiger partial charge in [0.25, 0.3) is 0 Å². The molecule has 0 aliphatic rings. The highest BCUT2D eigenvalue weighted by Gasteiger charge is 2.10. The number of methoxy groups -OCH3 is 1. The molecular formula is C4H5N2O2S+. The molecule has 1 N–H and O–H groups in total. The van der Waals surface area contributed by atoms with Gasteiger partial charge in [-0.15, -0.1) is 0 Å². The first-order valence-corrected chi connectivity index (χ1v) is 3.03. The lowest BCUT2D eigenvalue weighted by molar-refractivity contribution is -0.443. The van der Waals surface area contributed by atoms with Gasteiger partial charge in [-0.05, 0) is 0 Å². The van der Waals surface area contributed by atoms with Crippen molar-refractivity contribution in [1.82, 2.24) is 4.49 Å². The third kappa shape index (κ3) is 1.23. The van der Waals surface area contributed by atoms with Crippen molar-refractivity contribution in [1.29, 1.82) is 0 Å². The minimum atomic E-state index is -0.353. The van der Waals surface area contributed by atoms with Gasteiger partial charge in [0.1, 0.15) is 0 Å². The number of carbonyl (C=O) groups is 1. The Kier molecular flexibility index (Phi) is 1.74. The number of H-pyrrole nitrogens is 1. The Hall–Kier alpha value is -0.970. The van der Waals surface area contributed by atoms with Crippen LogP contribution in [0.3, 0.4) is 0 Å². The Labute approximate surface area is 55.6 Å². The summed E-state index contributed by atoms with van der Waals surface area (Å²) >= 11 is 1.08. The Balaban J connectivity index is 2.77. The fourth-order valence-electron chi connectivity index (χ4n) is 0.384. The van der Waals surface area contributed by atoms with Gasteiger partial charge in [-0.1, -0.05) is 5.10 Å². The van der Waals surface area contributed by atoms with Crippen LogP contribution in [0.15, 0.2) is 6.20 Å². The highest BCUT2D eigenvalue weighted by atomic mass is 32.1. The number of hydrogen-bond acceptors (Lipinski definition) is 4. The molecule has 1 aromatic rings. The van der Waals surface area contributed by atoms with E-state index >= 15 is 0 Å². The van der Waals surface area contributed by atoms with E-state index in [1.54, 1.807) is 0 Å². The minimum absolute atomic E-state index is 0.353. The summed E-state index contributed by atoms with van der Waals surface area (Å²) in [7, 11) is 1.34. The van der Waals surface area contributed by atoms with Crippen LogP contribution in [0, 0.1) is 0 Å². The van der Waals surface area contributed by atoms with Crippen LogP contribution in [0.5, 0.6) is 0 Å². The van der Waals surface area contributed by atoms with Gasteiger partial charge >= 0.3 is 5.97 Å². The molecule has 9 heavy (non-hydrogen) atoms. The molecule has 0 saturated heterocycles. The highest BCUT2D eigenvalue weighted by Crippen LogP contribution is 1.99. The van der Waals surface area contributed by atoms with Crippen molar-refractivity contribution in [2.75, 3.05) is 7.11 Å². The van der Waals surface area contributed by atoms with Gasteiger partial charge in [0.15, 0.2) is 0 Å². The monoisotopic (exact) mass is 145 g/mol. The van der Waals surface area contributed by atoms with Gasteiger partial charge in [0.2, 0.25) is 11.1 Å². The van der Waals surface area contributed by atoms with Crippen LogP contribution in [-0.2, 0) is 4.74 Å². The molecule has 0 spiro atoms. The van der Waals surface area contributed by atoms with Crippen molar-refractivity contribution in [2.24, 2.45) is 0 Å². The summed E-state index contributed by atoms with van der Waals surface area (Å²) in [6, 6.07) is 0. The lowest BCUT2D eigenvalue weighted by Gasteiger charge is -1.86. The first kappa shape index (κ1) is 6.15. The van der Waals surface area contributed by atoms with Crippen molar-refractivity contribution in [3.05, 3.63) is 11.1 Å². The van der Waals surface area contributed by atoms with Crippen LogP contribution in [0.1, 0.15) is 9.67 Å². The molecule has 0 atom stereocenters. The molecule has 1 aromatic heterocycles. The summed E-state index contributed by atoms with van der Waals surface area (Å²) in [6.07, 6.45) is 1.50. The number of ether oxygens (including phenoxy) is 1. The van der Waals surface area contributed by atoms with E-state index in [-0.39, 0.29) is 5.97 Å². The van der Waals surface area contributed by atoms with Crippen molar-refractivity contribution >= 4 is 17.5 Å². The number of aromatic amines is 1. The van der Waals surface area contributed by atoms with E-state index in [0.717, 1.165) is 11.5 Å². The first-order valence-electron chi connectivity index (χ1n) is 2.25. The molecule has 0 unspecified atom stereocenters. The number of hydrogen-bond donors (Lipinski definition) is 0. The second-order valence-electron chi connectivity index (χ2n) is 1.31. The molecule has 0 radical (unpaired) electrons. The normalized spacial score (nSPS) is 9.00. The third-order valence-corrected chi connectivity index (χ3v) is 1.46. The summed E-state index contributed by atoms with van der Waals surface area (Å²) in [5, 5.41) is 2.51. The van der Waals surface area contributed by atoms with Crippen LogP contribution in [0.2, 0.25) is 0 Å². The van der Waals surface area contributed by atoms with Crippen molar-refractivity contribution < 1.29 is 14.6 Å². The van der Waals surface area contributed by atoms with E-state index < -0.39 is 0 Å². The summed E-state index contributed by atoms with van der Waals surface area (Å²) in [6.45, 7) is 0. The number of nitrogens with one attached hydrogen (secondary N) is 1. The van der Waals surface area contributed by atoms with Crippen LogP contribution < -0.4 is 5.10 Å². The van der Waals surface area contributed by atoms with Crippen LogP contribution >= 0.6 is 11.5 Å². The Morgan fingerprint density at radius 2 is 2.78 bits per heavy atom. The van der Waals surface area contributed by atoms with Gasteiger partial charge < -0.3 is 4.74 Å². The molecule has 1 rings (SSSR count). The largest absolute Gasteiger partial charge is 0.465 e. The van der Waals surface area contributed by atoms with Crippen LogP contribution in [0.4, 0.5) is 0 Å². The van der Waals surface area contributed by atoms with E-state index in [1.807, 2.05) is 0 Å². The lowest BCUT2D eigenvalue weighted by Crippen LogP contribution is -2.01. The average Bonchev–Trinajstić information content (AvgIpc) is 2.37. The quantitative estimate of drug-likeness (QED) is 0.512. The Bertz CT molecular complexity index is 196. The van der Waals surface area contributed by atoms with E-state index in [0.29, 0.717) is 4.88 Å². The fraction of sp³-hybridized carbons (Fsp3) is 0.250. The van der Waals surface area contributed by atoms with Gasteiger partial charge in [-0.25, -0.2) is 4.79 Å². The summed E-state index contributed by atoms with van der Waals surface area (Å²) in [5.41, 5.74) is 0. The lowest BCUT2D eigenvalue weighted by atomic mass is 10.6. The second kappa shape index (κ2) is 2.54. The maximum Gasteiger partial charge on any atom is 0.356 e.